The number of carbonyl (C=O) groups is 1. The highest BCUT2D eigenvalue weighted by molar-refractivity contribution is 5.95. The minimum Gasteiger partial charge on any atom is -0.465 e. The fourth-order valence-electron chi connectivity index (χ4n) is 5.06. The molecule has 0 saturated heterocycles. The van der Waals surface area contributed by atoms with Crippen molar-refractivity contribution in [2.45, 2.75) is 52.4 Å². The Bertz CT molecular complexity index is 618. The summed E-state index contributed by atoms with van der Waals surface area (Å²) < 4.78 is 4.87. The second-order valence-electron chi connectivity index (χ2n) is 8.05. The Morgan fingerprint density at radius 3 is 2.75 bits per heavy atom. The number of hydrogen-bond donors (Lipinski definition) is 0. The number of aliphatic imine (C=N–C) groups is 1. The molecule has 24 heavy (non-hydrogen) atoms. The van der Waals surface area contributed by atoms with E-state index in [1.54, 1.807) is 6.07 Å². The van der Waals surface area contributed by atoms with Crippen LogP contribution >= 0.6 is 0 Å². The minimum absolute atomic E-state index is 0.317. The lowest BCUT2D eigenvalue weighted by Crippen LogP contribution is -2.42. The molecule has 3 unspecified atom stereocenters. The zero-order chi connectivity index (χ0) is 17.2. The molecular weight excluding hydrogens is 298 g/mol. The van der Waals surface area contributed by atoms with E-state index in [0.29, 0.717) is 22.8 Å². The van der Waals surface area contributed by atoms with Crippen LogP contribution in [0.1, 0.15) is 62.7 Å². The van der Waals surface area contributed by atoms with Crippen molar-refractivity contribution in [2.75, 3.05) is 7.11 Å². The molecule has 0 aromatic heterocycles. The molecule has 0 aliphatic heterocycles. The minimum atomic E-state index is -0.317. The largest absolute Gasteiger partial charge is 0.465 e. The first kappa shape index (κ1) is 17.2. The zero-order valence-electron chi connectivity index (χ0n) is 15.1. The highest BCUT2D eigenvalue weighted by atomic mass is 16.5. The Morgan fingerprint density at radius 2 is 1.96 bits per heavy atom. The molecule has 2 aliphatic carbocycles. The van der Waals surface area contributed by atoms with Gasteiger partial charge in [0.05, 0.1) is 18.4 Å². The van der Waals surface area contributed by atoms with Crippen molar-refractivity contribution in [3.63, 3.8) is 0 Å². The van der Waals surface area contributed by atoms with E-state index in [0.717, 1.165) is 11.6 Å². The molecule has 3 atom stereocenters. The van der Waals surface area contributed by atoms with Crippen LogP contribution in [0.2, 0.25) is 0 Å². The number of fused-ring (bicyclic) bond motifs is 1. The van der Waals surface area contributed by atoms with Crippen LogP contribution in [0.15, 0.2) is 29.3 Å². The Morgan fingerprint density at radius 1 is 1.21 bits per heavy atom. The highest BCUT2D eigenvalue weighted by Gasteiger charge is 2.44. The molecule has 1 aromatic carbocycles. The summed E-state index contributed by atoms with van der Waals surface area (Å²) in [5.41, 5.74) is 1.66. The van der Waals surface area contributed by atoms with E-state index in [4.69, 9.17) is 9.73 Å². The van der Waals surface area contributed by atoms with Gasteiger partial charge in [-0.2, -0.15) is 0 Å². The summed E-state index contributed by atoms with van der Waals surface area (Å²) in [4.78, 5) is 16.6. The lowest BCUT2D eigenvalue weighted by atomic mass is 9.55. The second kappa shape index (κ2) is 7.08. The molecule has 2 aliphatic rings. The Kier molecular flexibility index (Phi) is 5.07. The predicted molar refractivity (Wildman–Crippen MR) is 97.9 cm³/mol. The maximum atomic E-state index is 11.9. The molecule has 0 bridgehead atoms. The molecule has 3 rings (SSSR count). The Labute approximate surface area is 145 Å². The molecule has 2 fully saturated rings. The number of nitrogens with zero attached hydrogens (tertiary/aromatic N) is 1. The van der Waals surface area contributed by atoms with Gasteiger partial charge in [0, 0.05) is 6.21 Å². The number of methoxy groups -OCH3 is 1. The maximum absolute atomic E-state index is 11.9. The predicted octanol–water partition coefficient (Wildman–Crippen LogP) is 5.42. The van der Waals surface area contributed by atoms with E-state index >= 15 is 0 Å². The van der Waals surface area contributed by atoms with Crippen molar-refractivity contribution in [3.05, 3.63) is 29.8 Å². The van der Waals surface area contributed by atoms with Crippen LogP contribution in [-0.2, 0) is 4.74 Å². The number of hydrogen-bond acceptors (Lipinski definition) is 3. The van der Waals surface area contributed by atoms with Gasteiger partial charge in [0.1, 0.15) is 0 Å². The van der Waals surface area contributed by atoms with E-state index in [9.17, 15) is 4.79 Å². The second-order valence-corrected chi connectivity index (χ2v) is 8.05. The molecule has 0 N–H and O–H groups in total. The summed E-state index contributed by atoms with van der Waals surface area (Å²) in [5, 5.41) is 0. The van der Waals surface area contributed by atoms with Crippen LogP contribution in [0.25, 0.3) is 0 Å². The fraction of sp³-hybridized carbons (Fsp3) is 0.619. The summed E-state index contributed by atoms with van der Waals surface area (Å²) >= 11 is 0. The molecule has 2 saturated carbocycles. The molecule has 0 spiro atoms. The van der Waals surface area contributed by atoms with E-state index in [1.165, 1.54) is 45.6 Å². The van der Waals surface area contributed by atoms with Crippen molar-refractivity contribution in [1.29, 1.82) is 0 Å². The molecule has 0 amide bonds. The monoisotopic (exact) mass is 327 g/mol. The standard InChI is InChI=1S/C21H29NO2/c1-21(2)13-7-10-15-8-6-9-16(19(15)21)14-22-18-12-5-4-11-17(18)20(23)24-3/h4-5,11-12,14-16,19H,6-10,13H2,1-3H3. The van der Waals surface area contributed by atoms with Gasteiger partial charge in [0.25, 0.3) is 0 Å². The molecule has 1 aromatic rings. The third kappa shape index (κ3) is 3.40. The van der Waals surface area contributed by atoms with E-state index in [1.807, 2.05) is 18.2 Å². The van der Waals surface area contributed by atoms with Crippen molar-refractivity contribution in [3.8, 4) is 0 Å². The lowest BCUT2D eigenvalue weighted by Gasteiger charge is -2.50. The van der Waals surface area contributed by atoms with Gasteiger partial charge in [0.15, 0.2) is 0 Å². The van der Waals surface area contributed by atoms with Crippen LogP contribution in [0.4, 0.5) is 5.69 Å². The van der Waals surface area contributed by atoms with Crippen LogP contribution in [-0.4, -0.2) is 19.3 Å². The summed E-state index contributed by atoms with van der Waals surface area (Å²) in [7, 11) is 1.42. The summed E-state index contributed by atoms with van der Waals surface area (Å²) in [6.45, 7) is 4.86. The van der Waals surface area contributed by atoms with Crippen molar-refractivity contribution in [2.24, 2.45) is 28.2 Å². The highest BCUT2D eigenvalue weighted by Crippen LogP contribution is 2.52. The van der Waals surface area contributed by atoms with Crippen molar-refractivity contribution >= 4 is 17.9 Å². The van der Waals surface area contributed by atoms with Gasteiger partial charge in [-0.05, 0) is 48.1 Å². The van der Waals surface area contributed by atoms with Crippen molar-refractivity contribution in [1.82, 2.24) is 0 Å². The van der Waals surface area contributed by atoms with Crippen LogP contribution in [0, 0.1) is 23.2 Å². The molecule has 3 nitrogen and oxygen atoms in total. The number of rotatable bonds is 3. The van der Waals surface area contributed by atoms with Gasteiger partial charge in [-0.1, -0.05) is 51.7 Å². The van der Waals surface area contributed by atoms with Crippen molar-refractivity contribution < 1.29 is 9.53 Å². The average molecular weight is 327 g/mol. The quantitative estimate of drug-likeness (QED) is 0.549. The molecular formula is C21H29NO2. The average Bonchev–Trinajstić information content (AvgIpc) is 2.59. The fourth-order valence-corrected chi connectivity index (χ4v) is 5.06. The van der Waals surface area contributed by atoms with Gasteiger partial charge in [-0.3, -0.25) is 4.99 Å². The van der Waals surface area contributed by atoms with E-state index < -0.39 is 0 Å². The summed E-state index contributed by atoms with van der Waals surface area (Å²) in [6, 6.07) is 7.46. The molecule has 3 heteroatoms. The molecule has 0 heterocycles. The number of esters is 1. The number of para-hydroxylation sites is 1. The first-order valence-electron chi connectivity index (χ1n) is 9.24. The molecule has 130 valence electrons. The zero-order valence-corrected chi connectivity index (χ0v) is 15.1. The van der Waals surface area contributed by atoms with Gasteiger partial charge in [0.2, 0.25) is 0 Å². The number of carbonyl (C=O) groups excluding carboxylic acids is 1. The smallest absolute Gasteiger partial charge is 0.340 e. The van der Waals surface area contributed by atoms with Crippen LogP contribution in [0.3, 0.4) is 0 Å². The SMILES string of the molecule is COC(=O)c1ccccc1N=CC1CCCC2CCCC(C)(C)C12. The Hall–Kier alpha value is -1.64. The number of ether oxygens (including phenoxy) is 1. The van der Waals surface area contributed by atoms with Gasteiger partial charge in [-0.25, -0.2) is 4.79 Å². The van der Waals surface area contributed by atoms with Gasteiger partial charge in [-0.15, -0.1) is 0 Å². The summed E-state index contributed by atoms with van der Waals surface area (Å²) in [5.74, 6) is 1.76. The topological polar surface area (TPSA) is 38.7 Å². The lowest BCUT2D eigenvalue weighted by molar-refractivity contribution is 0.0191. The molecule has 0 radical (unpaired) electrons. The van der Waals surface area contributed by atoms with Gasteiger partial charge < -0.3 is 4.74 Å². The Balaban J connectivity index is 1.84. The first-order valence-corrected chi connectivity index (χ1v) is 9.24. The third-order valence-corrected chi connectivity index (χ3v) is 6.09. The van der Waals surface area contributed by atoms with Crippen LogP contribution in [0.5, 0.6) is 0 Å². The summed E-state index contributed by atoms with van der Waals surface area (Å²) in [6.07, 6.45) is 10.1. The first-order chi connectivity index (χ1) is 11.5. The number of benzene rings is 1. The van der Waals surface area contributed by atoms with Crippen LogP contribution < -0.4 is 0 Å². The van der Waals surface area contributed by atoms with E-state index in [2.05, 4.69) is 20.1 Å². The maximum Gasteiger partial charge on any atom is 0.340 e. The normalized spacial score (nSPS) is 29.2. The van der Waals surface area contributed by atoms with E-state index in [-0.39, 0.29) is 5.97 Å². The third-order valence-electron chi connectivity index (χ3n) is 6.09. The van der Waals surface area contributed by atoms with Gasteiger partial charge >= 0.3 is 5.97 Å².